The van der Waals surface area contributed by atoms with E-state index in [0.717, 1.165) is 18.4 Å². The minimum absolute atomic E-state index is 0.00576. The van der Waals surface area contributed by atoms with Gasteiger partial charge in [-0.15, -0.1) is 0 Å². The van der Waals surface area contributed by atoms with Gasteiger partial charge in [-0.3, -0.25) is 14.4 Å². The normalized spacial score (nSPS) is 26.4. The maximum absolute atomic E-state index is 13.3. The van der Waals surface area contributed by atoms with Crippen LogP contribution in [0.2, 0.25) is 0 Å². The van der Waals surface area contributed by atoms with Crippen LogP contribution in [0, 0.1) is 17.8 Å². The molecule has 2 aliphatic heterocycles. The van der Waals surface area contributed by atoms with Crippen molar-refractivity contribution in [3.05, 3.63) is 70.1 Å². The van der Waals surface area contributed by atoms with Crippen LogP contribution in [0.4, 0.5) is 0 Å². The van der Waals surface area contributed by atoms with E-state index in [9.17, 15) is 19.5 Å². The predicted octanol–water partition coefficient (Wildman–Crippen LogP) is 1.11. The Morgan fingerprint density at radius 1 is 1.06 bits per heavy atom. The van der Waals surface area contributed by atoms with Crippen molar-refractivity contribution < 1.29 is 14.7 Å². The van der Waals surface area contributed by atoms with Crippen LogP contribution >= 0.6 is 0 Å². The first-order valence-corrected chi connectivity index (χ1v) is 11.0. The van der Waals surface area contributed by atoms with E-state index < -0.39 is 17.9 Å². The molecule has 1 aromatic carbocycles. The second-order valence-corrected chi connectivity index (χ2v) is 8.83. The monoisotopic (exact) mass is 421 g/mol. The summed E-state index contributed by atoms with van der Waals surface area (Å²) in [6, 6.07) is 14.1. The van der Waals surface area contributed by atoms with Gasteiger partial charge in [0, 0.05) is 43.3 Å². The Hall–Kier alpha value is -2.93. The maximum Gasteiger partial charge on any atom is 0.250 e. The Morgan fingerprint density at radius 2 is 1.84 bits per heavy atom. The number of hydrogen-bond acceptors (Lipinski definition) is 4. The maximum atomic E-state index is 13.3. The first-order chi connectivity index (χ1) is 15.1. The van der Waals surface area contributed by atoms with Crippen LogP contribution < -0.4 is 10.9 Å². The van der Waals surface area contributed by atoms with Crippen molar-refractivity contribution >= 4 is 11.8 Å². The molecule has 2 N–H and O–H groups in total. The molecule has 1 aromatic heterocycles. The van der Waals surface area contributed by atoms with Gasteiger partial charge in [0.05, 0.1) is 18.0 Å². The molecule has 3 heterocycles. The lowest BCUT2D eigenvalue weighted by molar-refractivity contribution is -0.138. The molecule has 2 fully saturated rings. The second kappa shape index (κ2) is 7.96. The third-order valence-electron chi connectivity index (χ3n) is 6.96. The van der Waals surface area contributed by atoms with Gasteiger partial charge in [0.25, 0.3) is 5.56 Å². The number of carbonyl (C=O) groups excluding carboxylic acids is 2. The van der Waals surface area contributed by atoms with E-state index in [0.29, 0.717) is 25.2 Å². The lowest BCUT2D eigenvalue weighted by Gasteiger charge is -2.38. The van der Waals surface area contributed by atoms with E-state index in [4.69, 9.17) is 0 Å². The SMILES string of the molecule is O=C(NCCc1ccccc1)[C@H]1[C@H](CO)[C@H]2Cn3c(cccc3=O)[C@@H]1N2C(=O)C1CC1. The van der Waals surface area contributed by atoms with Crippen molar-refractivity contribution in [2.24, 2.45) is 17.8 Å². The Kier molecular flexibility index (Phi) is 5.14. The lowest BCUT2D eigenvalue weighted by atomic mass is 9.86. The molecular formula is C24H27N3O4. The summed E-state index contributed by atoms with van der Waals surface area (Å²) in [7, 11) is 0. The predicted molar refractivity (Wildman–Crippen MR) is 114 cm³/mol. The molecule has 1 saturated heterocycles. The average Bonchev–Trinajstić information content (AvgIpc) is 3.59. The van der Waals surface area contributed by atoms with Gasteiger partial charge >= 0.3 is 0 Å². The van der Waals surface area contributed by atoms with Crippen LogP contribution in [0.5, 0.6) is 0 Å². The van der Waals surface area contributed by atoms with Gasteiger partial charge in [-0.1, -0.05) is 36.4 Å². The van der Waals surface area contributed by atoms with Crippen LogP contribution in [-0.2, 0) is 22.6 Å². The molecule has 162 valence electrons. The fourth-order valence-electron chi connectivity index (χ4n) is 5.29. The topological polar surface area (TPSA) is 91.6 Å². The minimum Gasteiger partial charge on any atom is -0.396 e. The fraction of sp³-hybridized carbons (Fsp3) is 0.458. The number of nitrogens with zero attached hydrogens (tertiary/aromatic N) is 2. The van der Waals surface area contributed by atoms with Gasteiger partial charge in [0.2, 0.25) is 11.8 Å². The van der Waals surface area contributed by atoms with E-state index in [1.54, 1.807) is 10.6 Å². The Labute approximate surface area is 180 Å². The van der Waals surface area contributed by atoms with Crippen LogP contribution in [0.1, 0.15) is 30.1 Å². The van der Waals surface area contributed by atoms with E-state index in [1.165, 1.54) is 6.07 Å². The molecule has 31 heavy (non-hydrogen) atoms. The van der Waals surface area contributed by atoms with Crippen LogP contribution in [0.15, 0.2) is 53.3 Å². The zero-order valence-corrected chi connectivity index (χ0v) is 17.3. The Morgan fingerprint density at radius 3 is 2.55 bits per heavy atom. The summed E-state index contributed by atoms with van der Waals surface area (Å²) < 4.78 is 1.67. The molecule has 2 amide bonds. The van der Waals surface area contributed by atoms with Crippen LogP contribution in [-0.4, -0.2) is 45.6 Å². The Bertz CT molecular complexity index is 1050. The van der Waals surface area contributed by atoms with Gasteiger partial charge < -0.3 is 19.9 Å². The third-order valence-corrected chi connectivity index (χ3v) is 6.96. The number of amides is 2. The number of aromatic nitrogens is 1. The molecule has 0 unspecified atom stereocenters. The summed E-state index contributed by atoms with van der Waals surface area (Å²) in [4.78, 5) is 40.8. The zero-order valence-electron chi connectivity index (χ0n) is 17.3. The van der Waals surface area contributed by atoms with Crippen molar-refractivity contribution in [3.8, 4) is 0 Å². The highest BCUT2D eigenvalue weighted by atomic mass is 16.3. The van der Waals surface area contributed by atoms with Crippen molar-refractivity contribution in [1.29, 1.82) is 0 Å². The molecule has 4 atom stereocenters. The summed E-state index contributed by atoms with van der Waals surface area (Å²) in [6.45, 7) is 0.602. The van der Waals surface area contributed by atoms with Gasteiger partial charge in [-0.2, -0.15) is 0 Å². The van der Waals surface area contributed by atoms with Gasteiger partial charge in [-0.05, 0) is 30.9 Å². The average molecular weight is 421 g/mol. The molecule has 1 saturated carbocycles. The van der Waals surface area contributed by atoms with Crippen molar-refractivity contribution in [3.63, 3.8) is 0 Å². The number of nitrogens with one attached hydrogen (secondary N) is 1. The van der Waals surface area contributed by atoms with E-state index in [2.05, 4.69) is 5.32 Å². The highest BCUT2D eigenvalue weighted by molar-refractivity contribution is 5.86. The summed E-state index contributed by atoms with van der Waals surface area (Å²) in [5.74, 6) is -1.09. The molecule has 0 spiro atoms. The first-order valence-electron chi connectivity index (χ1n) is 11.0. The highest BCUT2D eigenvalue weighted by Crippen LogP contribution is 2.50. The quantitative estimate of drug-likeness (QED) is 0.731. The van der Waals surface area contributed by atoms with Crippen LogP contribution in [0.25, 0.3) is 0 Å². The van der Waals surface area contributed by atoms with Crippen molar-refractivity contribution in [1.82, 2.24) is 14.8 Å². The number of aliphatic hydroxyl groups is 1. The molecule has 5 rings (SSSR count). The summed E-state index contributed by atoms with van der Waals surface area (Å²) >= 11 is 0. The molecule has 7 heteroatoms. The number of benzene rings is 1. The zero-order chi connectivity index (χ0) is 21.5. The van der Waals surface area contributed by atoms with Gasteiger partial charge in [0.15, 0.2) is 0 Å². The second-order valence-electron chi connectivity index (χ2n) is 8.83. The number of fused-ring (bicyclic) bond motifs is 4. The number of rotatable bonds is 6. The highest BCUT2D eigenvalue weighted by Gasteiger charge is 2.58. The molecule has 1 aliphatic carbocycles. The van der Waals surface area contributed by atoms with E-state index in [-0.39, 0.29) is 35.9 Å². The number of carbonyl (C=O) groups is 2. The summed E-state index contributed by atoms with van der Waals surface area (Å²) in [5, 5.41) is 13.3. The van der Waals surface area contributed by atoms with Crippen LogP contribution in [0.3, 0.4) is 0 Å². The standard InChI is InChI=1S/C24H27N3O4/c28-14-17-19-13-26-18(7-4-8-20(26)29)22(27(19)24(31)16-9-10-16)21(17)23(30)25-12-11-15-5-2-1-3-6-15/h1-8,16-17,19,21-22,28H,9-14H2,(H,25,30)/t17-,19-,21+,22+/m1/s1. The van der Waals surface area contributed by atoms with Crippen molar-refractivity contribution in [2.45, 2.75) is 37.9 Å². The molecule has 2 bridgehead atoms. The number of hydrogen-bond donors (Lipinski definition) is 2. The molecule has 0 radical (unpaired) electrons. The molecule has 3 aliphatic rings. The smallest absolute Gasteiger partial charge is 0.250 e. The molecule has 7 nitrogen and oxygen atoms in total. The first kappa shape index (κ1) is 20.0. The fourth-order valence-corrected chi connectivity index (χ4v) is 5.29. The van der Waals surface area contributed by atoms with Crippen molar-refractivity contribution in [2.75, 3.05) is 13.2 Å². The lowest BCUT2D eigenvalue weighted by Crippen LogP contribution is -2.49. The number of pyridine rings is 1. The van der Waals surface area contributed by atoms with Gasteiger partial charge in [0.1, 0.15) is 0 Å². The molecule has 2 aromatic rings. The third kappa shape index (κ3) is 3.47. The Balaban J connectivity index is 1.44. The van der Waals surface area contributed by atoms with E-state index >= 15 is 0 Å². The summed E-state index contributed by atoms with van der Waals surface area (Å²) in [5.41, 5.74) is 1.69. The largest absolute Gasteiger partial charge is 0.396 e. The minimum atomic E-state index is -0.580. The number of aliphatic hydroxyl groups excluding tert-OH is 1. The summed E-state index contributed by atoms with van der Waals surface area (Å²) in [6.07, 6.45) is 2.44. The molecular weight excluding hydrogens is 394 g/mol. The van der Waals surface area contributed by atoms with Gasteiger partial charge in [-0.25, -0.2) is 0 Å². The van der Waals surface area contributed by atoms with E-state index in [1.807, 2.05) is 41.3 Å².